The van der Waals surface area contributed by atoms with Gasteiger partial charge in [0, 0.05) is 33.4 Å². The van der Waals surface area contributed by atoms with Gasteiger partial charge in [-0.1, -0.05) is 42.3 Å². The Bertz CT molecular complexity index is 871. The molecule has 2 amide bonds. The van der Waals surface area contributed by atoms with E-state index in [1.165, 1.54) is 5.56 Å². The van der Waals surface area contributed by atoms with Crippen molar-refractivity contribution in [1.29, 1.82) is 0 Å². The molecule has 2 atom stereocenters. The first kappa shape index (κ1) is 19.3. The summed E-state index contributed by atoms with van der Waals surface area (Å²) in [4.78, 5) is 23.9. The smallest absolute Gasteiger partial charge is 0.326 e. The number of hydrogen-bond acceptors (Lipinski definition) is 3. The molecular weight excluding hydrogens is 389 g/mol. The number of carbonyl (C=O) groups is 2. The highest BCUT2D eigenvalue weighted by molar-refractivity contribution is 6.35. The van der Waals surface area contributed by atoms with E-state index < -0.39 is 24.1 Å². The molecule has 8 heteroatoms. The van der Waals surface area contributed by atoms with Gasteiger partial charge in [0.1, 0.15) is 6.04 Å². The maximum absolute atomic E-state index is 12.4. The zero-order chi connectivity index (χ0) is 19.6. The van der Waals surface area contributed by atoms with Gasteiger partial charge in [0.15, 0.2) is 0 Å². The Labute approximate surface area is 166 Å². The van der Waals surface area contributed by atoms with Crippen molar-refractivity contribution in [2.24, 2.45) is 0 Å². The number of aliphatic carboxylic acids is 1. The first-order valence-corrected chi connectivity index (χ1v) is 9.27. The van der Waals surface area contributed by atoms with Crippen molar-refractivity contribution in [3.8, 4) is 0 Å². The van der Waals surface area contributed by atoms with Crippen LogP contribution >= 0.6 is 23.2 Å². The Morgan fingerprint density at radius 1 is 1.22 bits per heavy atom. The van der Waals surface area contributed by atoms with E-state index in [9.17, 15) is 14.7 Å². The van der Waals surface area contributed by atoms with Gasteiger partial charge < -0.3 is 21.1 Å². The number of halogens is 2. The van der Waals surface area contributed by atoms with Gasteiger partial charge in [-0.15, -0.1) is 0 Å². The van der Waals surface area contributed by atoms with Gasteiger partial charge in [-0.05, 0) is 36.2 Å². The van der Waals surface area contributed by atoms with E-state index in [0.29, 0.717) is 27.0 Å². The molecule has 2 aromatic rings. The SMILES string of the molecule is CCc1ccc(NC(=O)NC2CC(C(=O)O)Nc3cc(Cl)cc(Cl)c32)cc1. The number of nitrogens with one attached hydrogen (secondary N) is 3. The lowest BCUT2D eigenvalue weighted by Gasteiger charge is -2.32. The van der Waals surface area contributed by atoms with Gasteiger partial charge in [0.25, 0.3) is 0 Å². The summed E-state index contributed by atoms with van der Waals surface area (Å²) in [7, 11) is 0. The second kappa shape index (κ2) is 8.06. The fourth-order valence-corrected chi connectivity index (χ4v) is 3.73. The third-order valence-electron chi connectivity index (χ3n) is 4.47. The van der Waals surface area contributed by atoms with Crippen LogP contribution in [0.4, 0.5) is 16.2 Å². The standard InChI is InChI=1S/C19H19Cl2N3O3/c1-2-10-3-5-12(6-4-10)22-19(27)24-15-9-16(18(25)26)23-14-8-11(20)7-13(21)17(14)15/h3-8,15-16,23H,2,9H2,1H3,(H,25,26)(H2,22,24,27). The predicted molar refractivity (Wildman–Crippen MR) is 107 cm³/mol. The molecule has 27 heavy (non-hydrogen) atoms. The summed E-state index contributed by atoms with van der Waals surface area (Å²) in [6, 6.07) is 8.83. The van der Waals surface area contributed by atoms with Gasteiger partial charge in [-0.25, -0.2) is 9.59 Å². The molecule has 0 radical (unpaired) electrons. The molecule has 3 rings (SSSR count). The average molecular weight is 408 g/mol. The van der Waals surface area contributed by atoms with Crippen molar-refractivity contribution >= 4 is 46.6 Å². The number of rotatable bonds is 4. The molecule has 2 aromatic carbocycles. The maximum Gasteiger partial charge on any atom is 0.326 e. The summed E-state index contributed by atoms with van der Waals surface area (Å²) < 4.78 is 0. The summed E-state index contributed by atoms with van der Waals surface area (Å²) in [5, 5.41) is 18.6. The molecule has 1 aliphatic heterocycles. The lowest BCUT2D eigenvalue weighted by molar-refractivity contribution is -0.138. The van der Waals surface area contributed by atoms with E-state index in [4.69, 9.17) is 23.2 Å². The van der Waals surface area contributed by atoms with Crippen molar-refractivity contribution in [2.45, 2.75) is 31.8 Å². The highest BCUT2D eigenvalue weighted by Crippen LogP contribution is 2.39. The number of urea groups is 1. The second-order valence-electron chi connectivity index (χ2n) is 6.32. The number of carboxylic acids is 1. The first-order valence-electron chi connectivity index (χ1n) is 8.52. The van der Waals surface area contributed by atoms with Crippen LogP contribution in [0.15, 0.2) is 36.4 Å². The number of carbonyl (C=O) groups excluding carboxylic acids is 1. The topological polar surface area (TPSA) is 90.5 Å². The normalized spacial score (nSPS) is 18.2. The highest BCUT2D eigenvalue weighted by Gasteiger charge is 2.33. The molecule has 1 heterocycles. The molecule has 0 saturated heterocycles. The van der Waals surface area contributed by atoms with E-state index in [0.717, 1.165) is 6.42 Å². The van der Waals surface area contributed by atoms with Crippen LogP contribution in [0.2, 0.25) is 10.0 Å². The third kappa shape index (κ3) is 4.46. The minimum absolute atomic E-state index is 0.159. The van der Waals surface area contributed by atoms with Crippen LogP contribution in [-0.4, -0.2) is 23.1 Å². The molecule has 142 valence electrons. The van der Waals surface area contributed by atoms with E-state index in [2.05, 4.69) is 22.9 Å². The van der Waals surface area contributed by atoms with E-state index >= 15 is 0 Å². The molecule has 0 aliphatic carbocycles. The molecular formula is C19H19Cl2N3O3. The minimum atomic E-state index is -1.01. The van der Waals surface area contributed by atoms with Crippen LogP contribution in [0.1, 0.15) is 30.5 Å². The summed E-state index contributed by atoms with van der Waals surface area (Å²) >= 11 is 12.3. The molecule has 2 unspecified atom stereocenters. The van der Waals surface area contributed by atoms with Gasteiger partial charge in [0.05, 0.1) is 6.04 Å². The van der Waals surface area contributed by atoms with Gasteiger partial charge in [-0.3, -0.25) is 0 Å². The number of carboxylic acid groups (broad SMARTS) is 1. The van der Waals surface area contributed by atoms with Crippen LogP contribution in [0.5, 0.6) is 0 Å². The fraction of sp³-hybridized carbons (Fsp3) is 0.263. The number of aryl methyl sites for hydroxylation is 1. The van der Waals surface area contributed by atoms with Crippen molar-refractivity contribution in [3.63, 3.8) is 0 Å². The second-order valence-corrected chi connectivity index (χ2v) is 7.16. The molecule has 0 bridgehead atoms. The fourth-order valence-electron chi connectivity index (χ4n) is 3.10. The molecule has 6 nitrogen and oxygen atoms in total. The molecule has 0 fully saturated rings. The van der Waals surface area contributed by atoms with Gasteiger partial charge in [-0.2, -0.15) is 0 Å². The van der Waals surface area contributed by atoms with Crippen LogP contribution in [-0.2, 0) is 11.2 Å². The summed E-state index contributed by atoms with van der Waals surface area (Å²) in [5.74, 6) is -1.01. The highest BCUT2D eigenvalue weighted by atomic mass is 35.5. The summed E-state index contributed by atoms with van der Waals surface area (Å²) in [6.45, 7) is 2.05. The number of benzene rings is 2. The van der Waals surface area contributed by atoms with Crippen LogP contribution in [0.25, 0.3) is 0 Å². The first-order chi connectivity index (χ1) is 12.9. The Kier molecular flexibility index (Phi) is 5.77. The van der Waals surface area contributed by atoms with E-state index in [1.54, 1.807) is 12.1 Å². The van der Waals surface area contributed by atoms with Crippen LogP contribution in [0.3, 0.4) is 0 Å². The molecule has 0 aromatic heterocycles. The largest absolute Gasteiger partial charge is 0.480 e. The maximum atomic E-state index is 12.4. The number of anilines is 2. The molecule has 0 spiro atoms. The third-order valence-corrected chi connectivity index (χ3v) is 5.00. The van der Waals surface area contributed by atoms with Gasteiger partial charge >= 0.3 is 12.0 Å². The zero-order valence-electron chi connectivity index (χ0n) is 14.6. The lowest BCUT2D eigenvalue weighted by Crippen LogP contribution is -2.42. The average Bonchev–Trinajstić information content (AvgIpc) is 2.61. The Balaban J connectivity index is 1.80. The minimum Gasteiger partial charge on any atom is -0.480 e. The van der Waals surface area contributed by atoms with Crippen molar-refractivity contribution in [2.75, 3.05) is 10.6 Å². The monoisotopic (exact) mass is 407 g/mol. The van der Waals surface area contributed by atoms with Crippen molar-refractivity contribution in [1.82, 2.24) is 5.32 Å². The lowest BCUT2D eigenvalue weighted by atomic mass is 9.93. The molecule has 4 N–H and O–H groups in total. The van der Waals surface area contributed by atoms with Gasteiger partial charge in [0.2, 0.25) is 0 Å². The summed E-state index contributed by atoms with van der Waals surface area (Å²) in [5.41, 5.74) is 2.94. The summed E-state index contributed by atoms with van der Waals surface area (Å²) in [6.07, 6.45) is 1.07. The Morgan fingerprint density at radius 3 is 2.56 bits per heavy atom. The molecule has 0 saturated carbocycles. The Hall–Kier alpha value is -2.44. The Morgan fingerprint density at radius 2 is 1.93 bits per heavy atom. The quantitative estimate of drug-likeness (QED) is 0.591. The van der Waals surface area contributed by atoms with E-state index in [-0.39, 0.29) is 6.42 Å². The molecule has 1 aliphatic rings. The number of amides is 2. The number of hydrogen-bond donors (Lipinski definition) is 4. The zero-order valence-corrected chi connectivity index (χ0v) is 16.1. The van der Waals surface area contributed by atoms with E-state index in [1.807, 2.05) is 24.3 Å². The van der Waals surface area contributed by atoms with Crippen LogP contribution < -0.4 is 16.0 Å². The van der Waals surface area contributed by atoms with Crippen molar-refractivity contribution < 1.29 is 14.7 Å². The van der Waals surface area contributed by atoms with Crippen LogP contribution in [0, 0.1) is 0 Å². The van der Waals surface area contributed by atoms with Crippen molar-refractivity contribution in [3.05, 3.63) is 57.6 Å². The predicted octanol–water partition coefficient (Wildman–Crippen LogP) is 4.69. The number of fused-ring (bicyclic) bond motifs is 1.